The number of hydrogen-bond acceptors (Lipinski definition) is 4. The van der Waals surface area contributed by atoms with Gasteiger partial charge in [0.2, 0.25) is 0 Å². The summed E-state index contributed by atoms with van der Waals surface area (Å²) in [6, 6.07) is 9.88. The Bertz CT molecular complexity index is 1350. The first-order valence-corrected chi connectivity index (χ1v) is 21.6. The van der Waals surface area contributed by atoms with Crippen molar-refractivity contribution in [2.24, 2.45) is 11.8 Å². The molecular weight excluding hydrogens is 753 g/mol. The number of allylic oxidation sites excluding steroid dienone is 2. The maximum Gasteiger partial charge on any atom is 0 e. The second kappa shape index (κ2) is 14.4. The number of hydrogen-bond donors (Lipinski definition) is 1. The minimum atomic E-state index is -2.02. The molecule has 1 N–H and O–H groups in total. The Kier molecular flexibility index (Phi) is 12.4. The van der Waals surface area contributed by atoms with Crippen molar-refractivity contribution < 1.29 is 38.8 Å². The molecule has 39 heavy (non-hydrogen) atoms. The van der Waals surface area contributed by atoms with Crippen LogP contribution in [0.15, 0.2) is 52.1 Å². The smallest absolute Gasteiger partial charge is 0 e. The van der Waals surface area contributed by atoms with Crippen LogP contribution in [-0.2, 0) is 24.9 Å². The SMILES string of the molecule is CCC(CC)C(=O)/C=C(\O)C(CC)CC.[CH3][Ge]([CH3])([CH3])[c]1cc2c3c(nccc3c1)-c1[c-]c(F)cc(F)c1S2.[Ir]. The number of ketones is 1. The Morgan fingerprint density at radius 2 is 1.67 bits per heavy atom. The number of aliphatic hydroxyl groups is 1. The van der Waals surface area contributed by atoms with E-state index >= 15 is 0 Å². The van der Waals surface area contributed by atoms with Crippen molar-refractivity contribution in [1.29, 1.82) is 0 Å². The van der Waals surface area contributed by atoms with Crippen molar-refractivity contribution in [3.63, 3.8) is 0 Å². The number of aliphatic hydroxyl groups excluding tert-OH is 1. The van der Waals surface area contributed by atoms with Crippen molar-refractivity contribution in [2.75, 3.05) is 0 Å². The molecule has 0 bridgehead atoms. The summed E-state index contributed by atoms with van der Waals surface area (Å²) in [5.74, 6) is 6.31. The van der Waals surface area contributed by atoms with Gasteiger partial charge < -0.3 is 5.11 Å². The molecule has 0 amide bonds. The summed E-state index contributed by atoms with van der Waals surface area (Å²) in [5, 5.41) is 11.8. The Morgan fingerprint density at radius 1 is 1.05 bits per heavy atom. The van der Waals surface area contributed by atoms with Crippen molar-refractivity contribution in [2.45, 2.75) is 80.4 Å². The van der Waals surface area contributed by atoms with E-state index in [0.29, 0.717) is 16.2 Å². The fourth-order valence-corrected chi connectivity index (χ4v) is 8.44. The van der Waals surface area contributed by atoms with Crippen LogP contribution >= 0.6 is 11.8 Å². The number of halogens is 2. The van der Waals surface area contributed by atoms with Gasteiger partial charge in [-0.25, -0.2) is 0 Å². The molecule has 0 unspecified atom stereocenters. The molecule has 2 aromatic carbocycles. The van der Waals surface area contributed by atoms with E-state index < -0.39 is 24.9 Å². The van der Waals surface area contributed by atoms with E-state index in [-0.39, 0.29) is 43.5 Å². The molecule has 3 nitrogen and oxygen atoms in total. The van der Waals surface area contributed by atoms with Crippen LogP contribution in [0.1, 0.15) is 53.4 Å². The first-order valence-electron chi connectivity index (χ1n) is 13.4. The second-order valence-electron chi connectivity index (χ2n) is 10.8. The Hall–Kier alpha value is -1.54. The molecule has 4 rings (SSSR count). The zero-order valence-corrected chi connectivity index (χ0v) is 29.1. The van der Waals surface area contributed by atoms with Crippen molar-refractivity contribution in [3.05, 3.63) is 60.0 Å². The second-order valence-corrected chi connectivity index (χ2v) is 22.5. The monoisotopic (exact) mass is 793 g/mol. The van der Waals surface area contributed by atoms with Crippen LogP contribution in [0.25, 0.3) is 22.0 Å². The van der Waals surface area contributed by atoms with E-state index in [9.17, 15) is 18.7 Å². The minimum Gasteiger partial charge on any atom is 0 e. The van der Waals surface area contributed by atoms with Crippen LogP contribution in [0, 0.1) is 29.5 Å². The largest absolute Gasteiger partial charge is 0 e. The zero-order chi connectivity index (χ0) is 28.2. The molecule has 0 saturated heterocycles. The van der Waals surface area contributed by atoms with Gasteiger partial charge in [0.1, 0.15) is 0 Å². The predicted octanol–water partition coefficient (Wildman–Crippen LogP) is 8.86. The maximum atomic E-state index is 14.2. The topological polar surface area (TPSA) is 50.2 Å². The molecule has 0 saturated carbocycles. The van der Waals surface area contributed by atoms with Gasteiger partial charge in [0.15, 0.2) is 5.78 Å². The number of carbonyl (C=O) groups is 1. The summed E-state index contributed by atoms with van der Waals surface area (Å²) >= 11 is -0.665. The number of fused-ring (bicyclic) bond motifs is 2. The fourth-order valence-electron chi connectivity index (χ4n) is 4.65. The van der Waals surface area contributed by atoms with Crippen LogP contribution < -0.4 is 4.40 Å². The normalized spacial score (nSPS) is 12.6. The van der Waals surface area contributed by atoms with E-state index in [0.717, 1.165) is 47.4 Å². The molecule has 1 aromatic heterocycles. The van der Waals surface area contributed by atoms with E-state index in [2.05, 4.69) is 40.5 Å². The quantitative estimate of drug-likeness (QED) is 0.0840. The van der Waals surface area contributed by atoms with Gasteiger partial charge in [0.25, 0.3) is 0 Å². The molecule has 0 aliphatic carbocycles. The molecule has 213 valence electrons. The predicted molar refractivity (Wildman–Crippen MR) is 157 cm³/mol. The molecule has 1 aliphatic rings. The minimum absolute atomic E-state index is 0. The Morgan fingerprint density at radius 3 is 2.23 bits per heavy atom. The number of nitrogens with zero attached hydrogens (tertiary/aromatic N) is 1. The molecule has 3 aromatic rings. The summed E-state index contributed by atoms with van der Waals surface area (Å²) in [7, 11) is 0. The van der Waals surface area contributed by atoms with Gasteiger partial charge in [0.05, 0.1) is 5.76 Å². The molecular formula is C31H38F2GeIrNO2S-. The third-order valence-corrected chi connectivity index (χ3v) is 12.6. The summed E-state index contributed by atoms with van der Waals surface area (Å²) in [4.78, 5) is 17.5. The van der Waals surface area contributed by atoms with Crippen LogP contribution in [-0.4, -0.2) is 29.1 Å². The molecule has 0 spiro atoms. The summed E-state index contributed by atoms with van der Waals surface area (Å²) in [6.45, 7) is 8.07. The molecule has 0 atom stereocenters. The van der Waals surface area contributed by atoms with Crippen molar-refractivity contribution in [3.8, 4) is 11.3 Å². The van der Waals surface area contributed by atoms with E-state index in [1.807, 2.05) is 33.8 Å². The van der Waals surface area contributed by atoms with E-state index in [4.69, 9.17) is 0 Å². The first kappa shape index (κ1) is 33.7. The zero-order valence-electron chi connectivity index (χ0n) is 23.7. The molecule has 8 heteroatoms. The molecule has 0 fully saturated rings. The van der Waals surface area contributed by atoms with Crippen molar-refractivity contribution in [1.82, 2.24) is 4.98 Å². The molecule has 1 radical (unpaired) electrons. The average Bonchev–Trinajstić information content (AvgIpc) is 2.86. The first-order chi connectivity index (χ1) is 17.9. The van der Waals surface area contributed by atoms with Gasteiger partial charge in [0, 0.05) is 38.0 Å². The fraction of sp³-hybridized carbons (Fsp3) is 0.419. The van der Waals surface area contributed by atoms with Crippen LogP contribution in [0.5, 0.6) is 0 Å². The van der Waals surface area contributed by atoms with Gasteiger partial charge >= 0.3 is 140 Å². The van der Waals surface area contributed by atoms with Crippen LogP contribution in [0.4, 0.5) is 8.78 Å². The van der Waals surface area contributed by atoms with Gasteiger partial charge in [-0.1, -0.05) is 27.7 Å². The summed E-state index contributed by atoms with van der Waals surface area (Å²) in [5.41, 5.74) is 1.05. The standard InChI is InChI=1S/C18H14F2GeNS.C13H24O2.Ir/c1-21(2,3)12-6-10-4-5-22-17-13-7-11(19)8-14(20)18(13)23-15(9-12)16(10)17;1-5-10(6-2)12(14)9-13(15)11(7-3)8-4;/h4-6,8-9H,1-3H3;9-11,14H,5-8H2,1-4H3;/q-1;;/b;12-9-;. The molecule has 1 aliphatic heterocycles. The third kappa shape index (κ3) is 7.81. The molecule has 2 heterocycles. The number of rotatable bonds is 8. The Balaban J connectivity index is 0.000000294. The van der Waals surface area contributed by atoms with E-state index in [1.165, 1.54) is 22.2 Å². The number of benzene rings is 2. The van der Waals surface area contributed by atoms with Crippen molar-refractivity contribution >= 4 is 46.0 Å². The van der Waals surface area contributed by atoms with E-state index in [1.54, 1.807) is 6.20 Å². The van der Waals surface area contributed by atoms with Gasteiger partial charge in [-0.2, -0.15) is 0 Å². The third-order valence-electron chi connectivity index (χ3n) is 7.17. The summed E-state index contributed by atoms with van der Waals surface area (Å²) in [6.07, 6.45) is 6.61. The van der Waals surface area contributed by atoms with Crippen LogP contribution in [0.3, 0.4) is 0 Å². The Labute approximate surface area is 252 Å². The number of carbonyl (C=O) groups excluding carboxylic acids is 1. The van der Waals surface area contributed by atoms with Crippen LogP contribution in [0.2, 0.25) is 17.3 Å². The number of pyridine rings is 1. The summed E-state index contributed by atoms with van der Waals surface area (Å²) < 4.78 is 29.2. The van der Waals surface area contributed by atoms with Gasteiger partial charge in [-0.15, -0.1) is 0 Å². The number of aromatic nitrogens is 1. The maximum absolute atomic E-state index is 14.2. The van der Waals surface area contributed by atoms with Gasteiger partial charge in [-0.3, -0.25) is 4.79 Å². The van der Waals surface area contributed by atoms with Gasteiger partial charge in [-0.05, 0) is 25.7 Å². The average molecular weight is 792 g/mol.